The molecule has 1 aliphatic rings. The molecule has 2 nitrogen and oxygen atoms in total. The summed E-state index contributed by atoms with van der Waals surface area (Å²) in [5, 5.41) is 0. The van der Waals surface area contributed by atoms with Gasteiger partial charge in [-0.2, -0.15) is 0 Å². The highest BCUT2D eigenvalue weighted by Gasteiger charge is 2.23. The fourth-order valence-corrected chi connectivity index (χ4v) is 2.15. The van der Waals surface area contributed by atoms with Gasteiger partial charge >= 0.3 is 0 Å². The normalized spacial score (nSPS) is 20.1. The number of aryl methyl sites for hydroxylation is 1. The van der Waals surface area contributed by atoms with Crippen LogP contribution in [0.25, 0.3) is 0 Å². The van der Waals surface area contributed by atoms with Gasteiger partial charge in [-0.25, -0.2) is 0 Å². The molecular weight excluding hydrogens is 184 g/mol. The fraction of sp³-hybridized carbons (Fsp3) is 0.385. The molecular formula is C13H18N2. The second-order valence-corrected chi connectivity index (χ2v) is 4.05. The molecule has 0 aliphatic carbocycles. The first kappa shape index (κ1) is 10.1. The number of hydrogen-bond acceptors (Lipinski definition) is 2. The maximum Gasteiger partial charge on any atom is 0.105 e. The molecule has 1 aromatic carbocycles. The van der Waals surface area contributed by atoms with Crippen molar-refractivity contribution in [3.05, 3.63) is 42.2 Å². The highest BCUT2D eigenvalue weighted by Crippen LogP contribution is 2.27. The molecule has 2 heteroatoms. The standard InChI is InChI=1S/C13H18N2/c1-4-13-14(3)9-10-15(13)12-8-6-5-7-11(12)2/h5-10,13H,4H2,1-3H3. The molecule has 1 heterocycles. The summed E-state index contributed by atoms with van der Waals surface area (Å²) in [6.45, 7) is 4.38. The highest BCUT2D eigenvalue weighted by molar-refractivity contribution is 5.57. The molecule has 0 radical (unpaired) electrons. The number of hydrogen-bond donors (Lipinski definition) is 0. The van der Waals surface area contributed by atoms with E-state index in [0.29, 0.717) is 6.17 Å². The average molecular weight is 202 g/mol. The lowest BCUT2D eigenvalue weighted by Crippen LogP contribution is -2.36. The number of para-hydroxylation sites is 1. The van der Waals surface area contributed by atoms with Crippen LogP contribution in [0.1, 0.15) is 18.9 Å². The first-order chi connectivity index (χ1) is 7.24. The minimum absolute atomic E-state index is 0.464. The van der Waals surface area contributed by atoms with Crippen LogP contribution in [0.4, 0.5) is 5.69 Å². The maximum atomic E-state index is 2.34. The summed E-state index contributed by atoms with van der Waals surface area (Å²) in [7, 11) is 2.13. The van der Waals surface area contributed by atoms with Crippen molar-refractivity contribution in [3.8, 4) is 0 Å². The van der Waals surface area contributed by atoms with Gasteiger partial charge in [-0.1, -0.05) is 25.1 Å². The Bertz CT molecular complexity index is 371. The summed E-state index contributed by atoms with van der Waals surface area (Å²) in [4.78, 5) is 4.60. The zero-order chi connectivity index (χ0) is 10.8. The van der Waals surface area contributed by atoms with Crippen molar-refractivity contribution in [2.24, 2.45) is 0 Å². The van der Waals surface area contributed by atoms with E-state index >= 15 is 0 Å². The van der Waals surface area contributed by atoms with Crippen molar-refractivity contribution < 1.29 is 0 Å². The summed E-state index contributed by atoms with van der Waals surface area (Å²) in [6.07, 6.45) is 5.89. The van der Waals surface area contributed by atoms with Crippen molar-refractivity contribution in [3.63, 3.8) is 0 Å². The molecule has 0 N–H and O–H groups in total. The van der Waals surface area contributed by atoms with Gasteiger partial charge in [0.1, 0.15) is 6.17 Å². The van der Waals surface area contributed by atoms with E-state index in [1.54, 1.807) is 0 Å². The van der Waals surface area contributed by atoms with Gasteiger partial charge in [0, 0.05) is 25.1 Å². The van der Waals surface area contributed by atoms with E-state index in [4.69, 9.17) is 0 Å². The molecule has 0 amide bonds. The van der Waals surface area contributed by atoms with E-state index in [2.05, 4.69) is 67.4 Å². The molecule has 80 valence electrons. The maximum absolute atomic E-state index is 2.34. The van der Waals surface area contributed by atoms with E-state index < -0.39 is 0 Å². The van der Waals surface area contributed by atoms with Crippen LogP contribution in [0, 0.1) is 6.92 Å². The van der Waals surface area contributed by atoms with Crippen LogP contribution in [0.2, 0.25) is 0 Å². The molecule has 0 aromatic heterocycles. The minimum atomic E-state index is 0.464. The van der Waals surface area contributed by atoms with Crippen LogP contribution in [0.15, 0.2) is 36.7 Å². The predicted molar refractivity (Wildman–Crippen MR) is 64.6 cm³/mol. The third-order valence-corrected chi connectivity index (χ3v) is 3.01. The quantitative estimate of drug-likeness (QED) is 0.727. The molecule has 0 bridgehead atoms. The lowest BCUT2D eigenvalue weighted by atomic mass is 10.1. The van der Waals surface area contributed by atoms with Gasteiger partial charge < -0.3 is 9.80 Å². The van der Waals surface area contributed by atoms with E-state index in [0.717, 1.165) is 6.42 Å². The van der Waals surface area contributed by atoms with Crippen molar-refractivity contribution in [1.29, 1.82) is 0 Å². The Morgan fingerprint density at radius 1 is 1.20 bits per heavy atom. The Kier molecular flexibility index (Phi) is 2.67. The topological polar surface area (TPSA) is 6.48 Å². The van der Waals surface area contributed by atoms with E-state index in [-0.39, 0.29) is 0 Å². The van der Waals surface area contributed by atoms with Crippen LogP contribution >= 0.6 is 0 Å². The zero-order valence-electron chi connectivity index (χ0n) is 9.64. The monoisotopic (exact) mass is 202 g/mol. The summed E-state index contributed by atoms with van der Waals surface area (Å²) >= 11 is 0. The molecule has 0 saturated carbocycles. The van der Waals surface area contributed by atoms with Crippen LogP contribution in [0.5, 0.6) is 0 Å². The summed E-state index contributed by atoms with van der Waals surface area (Å²) in [6, 6.07) is 8.53. The zero-order valence-corrected chi connectivity index (χ0v) is 9.64. The molecule has 1 atom stereocenters. The average Bonchev–Trinajstić information content (AvgIpc) is 2.60. The lowest BCUT2D eigenvalue weighted by Gasteiger charge is -2.30. The molecule has 1 aliphatic heterocycles. The molecule has 0 saturated heterocycles. The second-order valence-electron chi connectivity index (χ2n) is 4.05. The highest BCUT2D eigenvalue weighted by atomic mass is 15.4. The molecule has 1 aromatic rings. The van der Waals surface area contributed by atoms with Gasteiger partial charge in [0.05, 0.1) is 0 Å². The second kappa shape index (κ2) is 3.97. The van der Waals surface area contributed by atoms with Crippen molar-refractivity contribution in [2.45, 2.75) is 26.4 Å². The number of benzene rings is 1. The molecule has 2 rings (SSSR count). The predicted octanol–water partition coefficient (Wildman–Crippen LogP) is 2.95. The van der Waals surface area contributed by atoms with Gasteiger partial charge in [-0.05, 0) is 25.0 Å². The van der Waals surface area contributed by atoms with Crippen LogP contribution in [0.3, 0.4) is 0 Å². The Labute approximate surface area is 91.8 Å². The van der Waals surface area contributed by atoms with Crippen LogP contribution < -0.4 is 4.90 Å². The van der Waals surface area contributed by atoms with Crippen molar-refractivity contribution >= 4 is 5.69 Å². The largest absolute Gasteiger partial charge is 0.359 e. The number of anilines is 1. The van der Waals surface area contributed by atoms with Gasteiger partial charge in [-0.3, -0.25) is 0 Å². The Morgan fingerprint density at radius 3 is 2.60 bits per heavy atom. The Morgan fingerprint density at radius 2 is 1.93 bits per heavy atom. The Hall–Kier alpha value is -1.44. The fourth-order valence-electron chi connectivity index (χ4n) is 2.15. The number of nitrogens with zero attached hydrogens (tertiary/aromatic N) is 2. The third-order valence-electron chi connectivity index (χ3n) is 3.01. The lowest BCUT2D eigenvalue weighted by molar-refractivity contribution is 0.349. The smallest absolute Gasteiger partial charge is 0.105 e. The first-order valence-corrected chi connectivity index (χ1v) is 5.48. The molecule has 15 heavy (non-hydrogen) atoms. The number of rotatable bonds is 2. The third kappa shape index (κ3) is 1.72. The van der Waals surface area contributed by atoms with Crippen LogP contribution in [-0.4, -0.2) is 18.1 Å². The first-order valence-electron chi connectivity index (χ1n) is 5.48. The van der Waals surface area contributed by atoms with Gasteiger partial charge in [0.25, 0.3) is 0 Å². The van der Waals surface area contributed by atoms with Crippen molar-refractivity contribution in [2.75, 3.05) is 11.9 Å². The SMILES string of the molecule is CCC1N(C)C=CN1c1ccccc1C. The van der Waals surface area contributed by atoms with Gasteiger partial charge in [-0.15, -0.1) is 0 Å². The van der Waals surface area contributed by atoms with E-state index in [1.165, 1.54) is 11.3 Å². The Balaban J connectivity index is 2.32. The van der Waals surface area contributed by atoms with Crippen LogP contribution in [-0.2, 0) is 0 Å². The van der Waals surface area contributed by atoms with Gasteiger partial charge in [0.2, 0.25) is 0 Å². The van der Waals surface area contributed by atoms with E-state index in [1.807, 2.05) is 0 Å². The molecule has 1 unspecified atom stereocenters. The molecule has 0 fully saturated rings. The summed E-state index contributed by atoms with van der Waals surface area (Å²) in [5.74, 6) is 0. The van der Waals surface area contributed by atoms with E-state index in [9.17, 15) is 0 Å². The summed E-state index contributed by atoms with van der Waals surface area (Å²) < 4.78 is 0. The molecule has 0 spiro atoms. The summed E-state index contributed by atoms with van der Waals surface area (Å²) in [5.41, 5.74) is 2.64. The van der Waals surface area contributed by atoms with Crippen molar-refractivity contribution in [1.82, 2.24) is 4.90 Å². The van der Waals surface area contributed by atoms with Gasteiger partial charge in [0.15, 0.2) is 0 Å². The minimum Gasteiger partial charge on any atom is -0.359 e.